The number of aromatic hydroxyl groups is 1. The Morgan fingerprint density at radius 2 is 1.75 bits per heavy atom. The van der Waals surface area contributed by atoms with Gasteiger partial charge in [-0.3, -0.25) is 4.79 Å². The van der Waals surface area contributed by atoms with Gasteiger partial charge in [-0.25, -0.2) is 9.78 Å². The van der Waals surface area contributed by atoms with E-state index in [4.69, 9.17) is 59.0 Å². The fourth-order valence-corrected chi connectivity index (χ4v) is 10.7. The summed E-state index contributed by atoms with van der Waals surface area (Å²) in [5.41, 5.74) is -2.02. The van der Waals surface area contributed by atoms with Crippen LogP contribution in [0.1, 0.15) is 77.4 Å². The number of amides is 1. The molecular formula is C54H61ClN2O16. The molecule has 2 aliphatic carbocycles. The SMILES string of the molecule is COc1c(OC(C)C)cc2cc(O)c(C(=O)NC3Cc4ccc(c(Cl)n4)O[C@H]4C=C5C#CC(=CC#C[C@@H]6OC56[C@@H]4O[C@H]4C[C@@](C)(O)[C@@H](O)[C@H](C)O4)C(O[C@H]4C[C@H](O)[C@H](C(C)C)[C@H](C)O4)COC3=O)cc2c1OC. The third kappa shape index (κ3) is 10.3. The number of rotatable bonds is 11. The second kappa shape index (κ2) is 20.6. The van der Waals surface area contributed by atoms with Crippen molar-refractivity contribution < 1.29 is 77.4 Å². The zero-order valence-corrected chi connectivity index (χ0v) is 42.7. The number of pyridine rings is 1. The largest absolute Gasteiger partial charge is 0.507 e. The van der Waals surface area contributed by atoms with Crippen LogP contribution < -0.4 is 24.3 Å². The van der Waals surface area contributed by atoms with Gasteiger partial charge in [0.15, 0.2) is 46.7 Å². The molecule has 73 heavy (non-hydrogen) atoms. The number of nitrogens with one attached hydrogen (secondary N) is 1. The number of carbonyl (C=O) groups excluding carboxylic acids is 2. The number of aliphatic hydroxyl groups is 3. The number of halogens is 1. The zero-order valence-electron chi connectivity index (χ0n) is 42.0. The van der Waals surface area contributed by atoms with Gasteiger partial charge in [-0.05, 0) is 82.3 Å². The van der Waals surface area contributed by atoms with Crippen molar-refractivity contribution in [2.45, 2.75) is 152 Å². The molecule has 0 saturated carbocycles. The lowest BCUT2D eigenvalue weighted by molar-refractivity contribution is -0.290. The van der Waals surface area contributed by atoms with E-state index in [0.717, 1.165) is 0 Å². The molecular weight excluding hydrogens is 968 g/mol. The molecule has 18 nitrogen and oxygen atoms in total. The Kier molecular flexibility index (Phi) is 14.7. The van der Waals surface area contributed by atoms with Crippen LogP contribution in [0.4, 0.5) is 0 Å². The van der Waals surface area contributed by atoms with Crippen LogP contribution in [0, 0.1) is 35.5 Å². The number of aliphatic hydroxyl groups excluding tert-OH is 2. The van der Waals surface area contributed by atoms with Crippen molar-refractivity contribution >= 4 is 34.2 Å². The van der Waals surface area contributed by atoms with Crippen molar-refractivity contribution in [3.8, 4) is 52.4 Å². The number of carbonyl (C=O) groups is 2. The van der Waals surface area contributed by atoms with Gasteiger partial charge in [-0.15, -0.1) is 0 Å². The molecule has 1 spiro atoms. The van der Waals surface area contributed by atoms with Crippen LogP contribution in [-0.2, 0) is 39.6 Å². The van der Waals surface area contributed by atoms with Crippen molar-refractivity contribution in [1.29, 1.82) is 0 Å². The number of fused-ring (bicyclic) bond motifs is 8. The van der Waals surface area contributed by atoms with Crippen LogP contribution in [0.15, 0.2) is 53.6 Å². The molecule has 3 aromatic rings. The minimum absolute atomic E-state index is 0.0834. The minimum Gasteiger partial charge on any atom is -0.507 e. The molecule has 2 aromatic carbocycles. The first-order valence-corrected chi connectivity index (χ1v) is 24.8. The second-order valence-electron chi connectivity index (χ2n) is 20.1. The number of esters is 1. The molecule has 14 atom stereocenters. The van der Waals surface area contributed by atoms with E-state index in [0.29, 0.717) is 27.7 Å². The number of phenolic OH excluding ortho intramolecular Hbond substituents is 1. The number of allylic oxidation sites excluding steroid dienone is 1. The number of ether oxygens (including phenoxy) is 10. The van der Waals surface area contributed by atoms with E-state index in [-0.39, 0.29) is 70.9 Å². The Morgan fingerprint density at radius 1 is 1.00 bits per heavy atom. The predicted octanol–water partition coefficient (Wildman–Crippen LogP) is 4.85. The normalized spacial score (nSPS) is 33.6. The van der Waals surface area contributed by atoms with E-state index < -0.39 is 103 Å². The number of hydrogen-bond acceptors (Lipinski definition) is 17. The highest BCUT2D eigenvalue weighted by atomic mass is 35.5. The first-order valence-electron chi connectivity index (χ1n) is 24.4. The maximum atomic E-state index is 14.5. The predicted molar refractivity (Wildman–Crippen MR) is 262 cm³/mol. The van der Waals surface area contributed by atoms with Crippen molar-refractivity contribution in [3.05, 3.63) is 70.0 Å². The van der Waals surface area contributed by atoms with Crippen molar-refractivity contribution in [1.82, 2.24) is 10.3 Å². The van der Waals surface area contributed by atoms with Gasteiger partial charge in [0.25, 0.3) is 5.91 Å². The molecule has 390 valence electrons. The molecule has 10 rings (SSSR count). The van der Waals surface area contributed by atoms with Crippen LogP contribution in [-0.4, -0.2) is 143 Å². The summed E-state index contributed by atoms with van der Waals surface area (Å²) in [5.74, 6) is 11.4. The van der Waals surface area contributed by atoms with Gasteiger partial charge in [-0.1, -0.05) is 49.1 Å². The van der Waals surface area contributed by atoms with Gasteiger partial charge in [-0.2, -0.15) is 0 Å². The van der Waals surface area contributed by atoms with Crippen LogP contribution in [0.5, 0.6) is 28.7 Å². The molecule has 5 aliphatic heterocycles. The van der Waals surface area contributed by atoms with Gasteiger partial charge in [0, 0.05) is 53.5 Å². The maximum absolute atomic E-state index is 14.5. The van der Waals surface area contributed by atoms with E-state index in [2.05, 4.69) is 34.0 Å². The zero-order chi connectivity index (χ0) is 52.3. The number of methoxy groups -OCH3 is 2. The molecule has 19 heteroatoms. The molecule has 6 heterocycles. The Hall–Kier alpha value is -5.64. The van der Waals surface area contributed by atoms with Gasteiger partial charge in [0.05, 0.1) is 49.8 Å². The van der Waals surface area contributed by atoms with Crippen LogP contribution in [0.25, 0.3) is 10.8 Å². The lowest BCUT2D eigenvalue weighted by atomic mass is 9.82. The summed E-state index contributed by atoms with van der Waals surface area (Å²) in [6.45, 7) is 12.3. The number of benzene rings is 2. The quantitative estimate of drug-likeness (QED) is 0.0747. The molecule has 5 N–H and O–H groups in total. The number of epoxide rings is 1. The average molecular weight is 1030 g/mol. The first-order chi connectivity index (χ1) is 34.7. The number of aromatic nitrogens is 1. The summed E-state index contributed by atoms with van der Waals surface area (Å²) >= 11 is 6.86. The van der Waals surface area contributed by atoms with Crippen LogP contribution in [0.3, 0.4) is 0 Å². The van der Waals surface area contributed by atoms with E-state index in [1.165, 1.54) is 39.4 Å². The standard InChI is InChI=1S/C54H61ClN2O16/c1-25(2)45-27(5)68-43(22-37(45)59)71-41-24-66-52(62)35(57-51(61)34-21-33-30(17-36(34)58)18-39(67-26(3)4)47(65-9)46(33)64-8)20-32-15-16-38(50(55)56-32)70-40-19-31-14-13-29(41)11-10-12-42-54(31,73-42)49(40)72-44-23-53(7,63)48(60)28(6)69-44/h11,15-19,21,25-28,35,37,40-45,48-49,58-60,63H,20,22-24H2,1-9H3,(H,57,61)/t27-,28-,35?,37-,40-,41?,42-,43-,44-,45+,48-,49+,53+,54?/m0/s1. The van der Waals surface area contributed by atoms with E-state index in [1.54, 1.807) is 31.2 Å². The highest BCUT2D eigenvalue weighted by Crippen LogP contribution is 2.54. The summed E-state index contributed by atoms with van der Waals surface area (Å²) in [6, 6.07) is 6.16. The third-order valence-electron chi connectivity index (χ3n) is 14.1. The number of hydrogen-bond donors (Lipinski definition) is 5. The summed E-state index contributed by atoms with van der Waals surface area (Å²) < 4.78 is 62.0. The molecule has 3 fully saturated rings. The first kappa shape index (κ1) is 52.2. The van der Waals surface area contributed by atoms with Gasteiger partial charge in [0.1, 0.15) is 42.8 Å². The number of nitrogens with zero attached hydrogens (tertiary/aromatic N) is 1. The summed E-state index contributed by atoms with van der Waals surface area (Å²) in [5, 5.41) is 48.1. The minimum atomic E-state index is -1.55. The van der Waals surface area contributed by atoms with Gasteiger partial charge in [0.2, 0.25) is 5.75 Å². The Balaban J connectivity index is 1.09. The van der Waals surface area contributed by atoms with Crippen molar-refractivity contribution in [2.75, 3.05) is 20.8 Å². The average Bonchev–Trinajstić information content (AvgIpc) is 3.95. The third-order valence-corrected chi connectivity index (χ3v) is 14.4. The molecule has 0 radical (unpaired) electrons. The van der Waals surface area contributed by atoms with E-state index >= 15 is 0 Å². The van der Waals surface area contributed by atoms with Crippen LogP contribution in [0.2, 0.25) is 5.15 Å². The van der Waals surface area contributed by atoms with Gasteiger partial charge >= 0.3 is 5.97 Å². The number of phenols is 1. The van der Waals surface area contributed by atoms with E-state index in [9.17, 15) is 30.0 Å². The molecule has 3 unspecified atom stereocenters. The molecule has 3 saturated heterocycles. The molecule has 1 amide bonds. The fraction of sp³-hybridized carbons (Fsp3) is 0.537. The Labute approximate surface area is 428 Å². The molecule has 1 aromatic heterocycles. The Bertz CT molecular complexity index is 2830. The fourth-order valence-electron chi connectivity index (χ4n) is 10.5. The monoisotopic (exact) mass is 1030 g/mol. The summed E-state index contributed by atoms with van der Waals surface area (Å²) in [4.78, 5) is 33.5. The summed E-state index contributed by atoms with van der Waals surface area (Å²) in [6.07, 6.45) is -6.07. The topological polar surface area (TPSA) is 236 Å². The van der Waals surface area contributed by atoms with Crippen LogP contribution >= 0.6 is 11.6 Å². The second-order valence-corrected chi connectivity index (χ2v) is 20.5. The van der Waals surface area contributed by atoms with Crippen molar-refractivity contribution in [2.24, 2.45) is 11.8 Å². The molecule has 7 aliphatic rings. The van der Waals surface area contributed by atoms with Gasteiger partial charge < -0.3 is 73.1 Å². The highest BCUT2D eigenvalue weighted by Gasteiger charge is 2.70. The van der Waals surface area contributed by atoms with E-state index in [1.807, 2.05) is 34.6 Å². The summed E-state index contributed by atoms with van der Waals surface area (Å²) in [7, 11) is 2.90. The molecule has 5 bridgehead atoms. The Morgan fingerprint density at radius 3 is 2.44 bits per heavy atom. The lowest BCUT2D eigenvalue weighted by Gasteiger charge is -2.43. The maximum Gasteiger partial charge on any atom is 0.329 e. The smallest absolute Gasteiger partial charge is 0.329 e. The van der Waals surface area contributed by atoms with Crippen molar-refractivity contribution in [3.63, 3.8) is 0 Å². The highest BCUT2D eigenvalue weighted by molar-refractivity contribution is 6.30. The lowest BCUT2D eigenvalue weighted by Crippen LogP contribution is -2.57.